The van der Waals surface area contributed by atoms with Gasteiger partial charge in [-0.15, -0.1) is 5.10 Å². The number of aromatic amines is 1. The van der Waals surface area contributed by atoms with E-state index in [2.05, 4.69) is 45.7 Å². The molecule has 3 aromatic rings. The molecule has 0 saturated carbocycles. The van der Waals surface area contributed by atoms with Crippen LogP contribution in [-0.2, 0) is 7.05 Å². The Morgan fingerprint density at radius 2 is 2.16 bits per heavy atom. The number of aromatic nitrogens is 8. The summed E-state index contributed by atoms with van der Waals surface area (Å²) in [4.78, 5) is 18.3. The Hall–Kier alpha value is -2.27. The number of nitrogens with zero attached hydrogens (tertiary/aromatic N) is 8. The average Bonchev–Trinajstić information content (AvgIpc) is 3.28. The first-order valence-electron chi connectivity index (χ1n) is 8.29. The van der Waals surface area contributed by atoms with Gasteiger partial charge >= 0.3 is 0 Å². The topological polar surface area (TPSA) is 113 Å². The van der Waals surface area contributed by atoms with Gasteiger partial charge in [0.15, 0.2) is 11.5 Å². The van der Waals surface area contributed by atoms with Crippen molar-refractivity contribution in [2.24, 2.45) is 7.05 Å². The zero-order valence-electron chi connectivity index (χ0n) is 14.0. The van der Waals surface area contributed by atoms with Gasteiger partial charge < -0.3 is 15.2 Å². The van der Waals surface area contributed by atoms with Gasteiger partial charge in [-0.05, 0) is 23.3 Å². The number of hydrogen-bond donors (Lipinski definition) is 2. The summed E-state index contributed by atoms with van der Waals surface area (Å²) in [6, 6.07) is 0.536. The molecule has 132 valence electrons. The Bertz CT molecular complexity index is 822. The largest absolute Gasteiger partial charge is 0.355 e. The van der Waals surface area contributed by atoms with E-state index in [1.165, 1.54) is 0 Å². The van der Waals surface area contributed by atoms with Crippen LogP contribution in [0.3, 0.4) is 0 Å². The Morgan fingerprint density at radius 3 is 2.96 bits per heavy atom. The summed E-state index contributed by atoms with van der Waals surface area (Å²) in [6.07, 6.45) is 5.44. The summed E-state index contributed by atoms with van der Waals surface area (Å²) in [6.45, 7) is 2.90. The van der Waals surface area contributed by atoms with Crippen LogP contribution in [0.4, 0.5) is 5.82 Å². The molecular weight excluding hydrogens is 340 g/mol. The fraction of sp³-hybridized carbons (Fsp3) is 0.571. The van der Waals surface area contributed by atoms with Crippen molar-refractivity contribution in [2.75, 3.05) is 30.3 Å². The number of H-pyrrole nitrogens is 1. The third-order valence-corrected chi connectivity index (χ3v) is 5.36. The molecule has 25 heavy (non-hydrogen) atoms. The summed E-state index contributed by atoms with van der Waals surface area (Å²) >= 11 is 1.67. The van der Waals surface area contributed by atoms with Gasteiger partial charge in [-0.3, -0.25) is 0 Å². The molecule has 2 N–H and O–H groups in total. The lowest BCUT2D eigenvalue weighted by molar-refractivity contribution is 0.424. The van der Waals surface area contributed by atoms with Crippen LogP contribution in [-0.4, -0.2) is 71.6 Å². The number of fused-ring (bicyclic) bond motifs is 1. The SMILES string of the molecule is Cn1nnnc1SCCNC1CCN(c2ncnc3nc[nH]c23)CC1. The van der Waals surface area contributed by atoms with Crippen molar-refractivity contribution in [3.05, 3.63) is 12.7 Å². The highest BCUT2D eigenvalue weighted by Crippen LogP contribution is 2.23. The first kappa shape index (κ1) is 16.2. The zero-order valence-corrected chi connectivity index (χ0v) is 14.8. The van der Waals surface area contributed by atoms with Gasteiger partial charge in [-0.1, -0.05) is 11.8 Å². The van der Waals surface area contributed by atoms with E-state index >= 15 is 0 Å². The van der Waals surface area contributed by atoms with Gasteiger partial charge in [0.2, 0.25) is 5.16 Å². The number of piperidine rings is 1. The highest BCUT2D eigenvalue weighted by Gasteiger charge is 2.21. The van der Waals surface area contributed by atoms with Gasteiger partial charge in [0.05, 0.1) is 6.33 Å². The maximum atomic E-state index is 4.44. The summed E-state index contributed by atoms with van der Waals surface area (Å²) < 4.78 is 1.70. The minimum absolute atomic E-state index is 0.536. The lowest BCUT2D eigenvalue weighted by atomic mass is 10.1. The van der Waals surface area contributed by atoms with Crippen LogP contribution in [0.15, 0.2) is 17.8 Å². The van der Waals surface area contributed by atoms with Crippen molar-refractivity contribution in [1.29, 1.82) is 0 Å². The standard InChI is InChI=1S/C14H20N10S/c1-23-14(20-21-22-23)25-7-4-15-10-2-5-24(6-3-10)13-11-12(17-8-16-11)18-9-19-13/h8-10,15H,2-7H2,1H3,(H,16,17,18,19). The van der Waals surface area contributed by atoms with Crippen LogP contribution in [0.1, 0.15) is 12.8 Å². The second-order valence-corrected chi connectivity index (χ2v) is 7.01. The third-order valence-electron chi connectivity index (χ3n) is 4.34. The van der Waals surface area contributed by atoms with E-state index in [4.69, 9.17) is 0 Å². The molecule has 4 rings (SSSR count). The van der Waals surface area contributed by atoms with Crippen LogP contribution in [0.5, 0.6) is 0 Å². The number of rotatable bonds is 6. The first-order valence-corrected chi connectivity index (χ1v) is 9.27. The predicted octanol–water partition coefficient (Wildman–Crippen LogP) is 0.227. The average molecular weight is 360 g/mol. The third kappa shape index (κ3) is 3.56. The maximum absolute atomic E-state index is 4.44. The molecule has 1 fully saturated rings. The molecule has 10 nitrogen and oxygen atoms in total. The number of imidazole rings is 1. The second kappa shape index (κ2) is 7.31. The van der Waals surface area contributed by atoms with E-state index in [1.807, 2.05) is 7.05 Å². The highest BCUT2D eigenvalue weighted by molar-refractivity contribution is 7.99. The smallest absolute Gasteiger partial charge is 0.209 e. The van der Waals surface area contributed by atoms with E-state index in [1.54, 1.807) is 29.1 Å². The van der Waals surface area contributed by atoms with E-state index < -0.39 is 0 Å². The number of nitrogens with one attached hydrogen (secondary N) is 2. The Kier molecular flexibility index (Phi) is 4.74. The molecule has 1 aliphatic rings. The molecule has 0 spiro atoms. The van der Waals surface area contributed by atoms with Crippen LogP contribution in [0.2, 0.25) is 0 Å². The van der Waals surface area contributed by atoms with Crippen LogP contribution in [0, 0.1) is 0 Å². The molecule has 0 aromatic carbocycles. The molecule has 1 aliphatic heterocycles. The van der Waals surface area contributed by atoms with Gasteiger partial charge in [-0.2, -0.15) is 0 Å². The van der Waals surface area contributed by atoms with Crippen LogP contribution >= 0.6 is 11.8 Å². The molecule has 0 amide bonds. The Morgan fingerprint density at radius 1 is 1.28 bits per heavy atom. The number of thioether (sulfide) groups is 1. The Balaban J connectivity index is 1.24. The molecule has 0 unspecified atom stereocenters. The molecule has 3 aromatic heterocycles. The van der Waals surface area contributed by atoms with Crippen molar-refractivity contribution in [2.45, 2.75) is 24.0 Å². The van der Waals surface area contributed by atoms with Crippen molar-refractivity contribution in [3.63, 3.8) is 0 Å². The van der Waals surface area contributed by atoms with E-state index in [0.29, 0.717) is 6.04 Å². The number of tetrazole rings is 1. The minimum Gasteiger partial charge on any atom is -0.355 e. The van der Waals surface area contributed by atoms with Gasteiger partial charge in [0.25, 0.3) is 0 Å². The number of aryl methyl sites for hydroxylation is 1. The number of anilines is 1. The minimum atomic E-state index is 0.536. The monoisotopic (exact) mass is 360 g/mol. The summed E-state index contributed by atoms with van der Waals surface area (Å²) in [7, 11) is 1.86. The molecule has 0 atom stereocenters. The van der Waals surface area contributed by atoms with Crippen LogP contribution in [0.25, 0.3) is 11.2 Å². The lowest BCUT2D eigenvalue weighted by Crippen LogP contribution is -2.43. The summed E-state index contributed by atoms with van der Waals surface area (Å²) in [5.74, 6) is 1.90. The molecule has 4 heterocycles. The van der Waals surface area contributed by atoms with Crippen molar-refractivity contribution >= 4 is 28.7 Å². The van der Waals surface area contributed by atoms with Crippen LogP contribution < -0.4 is 10.2 Å². The highest BCUT2D eigenvalue weighted by atomic mass is 32.2. The second-order valence-electron chi connectivity index (χ2n) is 5.95. The quantitative estimate of drug-likeness (QED) is 0.471. The summed E-state index contributed by atoms with van der Waals surface area (Å²) in [5.41, 5.74) is 1.64. The van der Waals surface area contributed by atoms with Crippen molar-refractivity contribution in [1.82, 2.24) is 45.5 Å². The predicted molar refractivity (Wildman–Crippen MR) is 94.4 cm³/mol. The van der Waals surface area contributed by atoms with E-state index in [9.17, 15) is 0 Å². The molecule has 11 heteroatoms. The van der Waals surface area contributed by atoms with Crippen molar-refractivity contribution < 1.29 is 0 Å². The normalized spacial score (nSPS) is 16.0. The lowest BCUT2D eigenvalue weighted by Gasteiger charge is -2.33. The van der Waals surface area contributed by atoms with Gasteiger partial charge in [-0.25, -0.2) is 19.6 Å². The Labute approximate surface area is 148 Å². The zero-order chi connectivity index (χ0) is 17.1. The molecule has 1 saturated heterocycles. The fourth-order valence-corrected chi connectivity index (χ4v) is 3.76. The summed E-state index contributed by atoms with van der Waals surface area (Å²) in [5, 5.41) is 15.9. The molecule has 0 radical (unpaired) electrons. The first-order chi connectivity index (χ1) is 12.3. The fourth-order valence-electron chi connectivity index (χ4n) is 3.04. The van der Waals surface area contributed by atoms with Crippen molar-refractivity contribution in [3.8, 4) is 0 Å². The number of hydrogen-bond acceptors (Lipinski definition) is 9. The van der Waals surface area contributed by atoms with E-state index in [-0.39, 0.29) is 0 Å². The van der Waals surface area contributed by atoms with Gasteiger partial charge in [0, 0.05) is 38.5 Å². The maximum Gasteiger partial charge on any atom is 0.209 e. The molecule has 0 aliphatic carbocycles. The van der Waals surface area contributed by atoms with Gasteiger partial charge in [0.1, 0.15) is 11.8 Å². The van der Waals surface area contributed by atoms with E-state index in [0.717, 1.165) is 60.4 Å². The molecular formula is C14H20N10S. The molecule has 0 bridgehead atoms.